The zero-order valence-electron chi connectivity index (χ0n) is 10.1. The lowest BCUT2D eigenvalue weighted by atomic mass is 9.93. The minimum Gasteiger partial charge on any atom is -0.397 e. The molecule has 17 heavy (non-hydrogen) atoms. The van der Waals surface area contributed by atoms with Crippen molar-refractivity contribution < 1.29 is 4.74 Å². The van der Waals surface area contributed by atoms with E-state index in [1.165, 1.54) is 0 Å². The second-order valence-electron chi connectivity index (χ2n) is 4.61. The molecule has 3 nitrogen and oxygen atoms in total. The first kappa shape index (κ1) is 12.7. The normalized spacial score (nSPS) is 18.9. The summed E-state index contributed by atoms with van der Waals surface area (Å²) in [5.74, 6) is 0.673. The number of nitrogens with one attached hydrogen (secondary N) is 1. The zero-order valence-corrected chi connectivity index (χ0v) is 11.7. The number of nitrogen functional groups attached to an aromatic ring is 1. The molecule has 1 heterocycles. The lowest BCUT2D eigenvalue weighted by Crippen LogP contribution is -2.31. The van der Waals surface area contributed by atoms with Crippen molar-refractivity contribution in [2.24, 2.45) is 5.92 Å². The number of ether oxygens (including phenoxy) is 1. The number of rotatable bonds is 3. The summed E-state index contributed by atoms with van der Waals surface area (Å²) in [5, 5.41) is 3.51. The van der Waals surface area contributed by atoms with Gasteiger partial charge < -0.3 is 15.8 Å². The molecule has 0 aliphatic carbocycles. The predicted molar refractivity (Wildman–Crippen MR) is 75.2 cm³/mol. The fourth-order valence-electron chi connectivity index (χ4n) is 2.24. The van der Waals surface area contributed by atoms with E-state index in [2.05, 4.69) is 28.2 Å². The van der Waals surface area contributed by atoms with Gasteiger partial charge in [0.1, 0.15) is 0 Å². The Bertz CT molecular complexity index is 378. The van der Waals surface area contributed by atoms with E-state index < -0.39 is 0 Å². The molecule has 3 N–H and O–H groups in total. The highest BCUT2D eigenvalue weighted by molar-refractivity contribution is 9.10. The molecule has 1 aliphatic rings. The van der Waals surface area contributed by atoms with Crippen LogP contribution in [0.1, 0.15) is 19.8 Å². The van der Waals surface area contributed by atoms with Crippen molar-refractivity contribution in [3.05, 3.63) is 22.7 Å². The highest BCUT2D eigenvalue weighted by Gasteiger charge is 2.20. The van der Waals surface area contributed by atoms with Crippen LogP contribution >= 0.6 is 15.9 Å². The third-order valence-corrected chi connectivity index (χ3v) is 3.86. The Morgan fingerprint density at radius 1 is 1.41 bits per heavy atom. The van der Waals surface area contributed by atoms with Gasteiger partial charge in [-0.15, -0.1) is 0 Å². The molecule has 1 fully saturated rings. The summed E-state index contributed by atoms with van der Waals surface area (Å²) in [6.07, 6.45) is 2.26. The van der Waals surface area contributed by atoms with Gasteiger partial charge in [0.15, 0.2) is 0 Å². The molecule has 0 aromatic heterocycles. The van der Waals surface area contributed by atoms with Crippen LogP contribution in [0.2, 0.25) is 0 Å². The number of nitrogens with two attached hydrogens (primary N) is 1. The van der Waals surface area contributed by atoms with E-state index in [1.54, 1.807) is 0 Å². The lowest BCUT2D eigenvalue weighted by molar-refractivity contribution is 0.0622. The van der Waals surface area contributed by atoms with E-state index >= 15 is 0 Å². The van der Waals surface area contributed by atoms with Crippen molar-refractivity contribution >= 4 is 27.3 Å². The summed E-state index contributed by atoms with van der Waals surface area (Å²) in [6, 6.07) is 6.39. The molecular weight excluding hydrogens is 280 g/mol. The molecule has 0 saturated carbocycles. The van der Waals surface area contributed by atoms with E-state index in [9.17, 15) is 0 Å². The fourth-order valence-corrected chi connectivity index (χ4v) is 2.62. The van der Waals surface area contributed by atoms with Gasteiger partial charge in [0.05, 0.1) is 11.4 Å². The number of anilines is 2. The summed E-state index contributed by atoms with van der Waals surface area (Å²) < 4.78 is 6.39. The van der Waals surface area contributed by atoms with Crippen LogP contribution in [0.15, 0.2) is 22.7 Å². The standard InChI is InChI=1S/C13H19BrN2O/c1-9(10-4-6-17-7-5-10)16-13-3-2-11(14)8-12(13)15/h2-3,8-10,16H,4-7,15H2,1H3. The highest BCUT2D eigenvalue weighted by atomic mass is 79.9. The minimum atomic E-state index is 0.433. The monoisotopic (exact) mass is 298 g/mol. The van der Waals surface area contributed by atoms with Gasteiger partial charge in [-0.2, -0.15) is 0 Å². The van der Waals surface area contributed by atoms with Crippen molar-refractivity contribution in [3.63, 3.8) is 0 Å². The van der Waals surface area contributed by atoms with Gasteiger partial charge in [0, 0.05) is 23.7 Å². The Morgan fingerprint density at radius 2 is 2.12 bits per heavy atom. The van der Waals surface area contributed by atoms with Crippen LogP contribution in [0.5, 0.6) is 0 Å². The molecule has 1 saturated heterocycles. The average Bonchev–Trinajstić information content (AvgIpc) is 2.34. The van der Waals surface area contributed by atoms with E-state index in [-0.39, 0.29) is 0 Å². The molecule has 4 heteroatoms. The topological polar surface area (TPSA) is 47.3 Å². The zero-order chi connectivity index (χ0) is 12.3. The van der Waals surface area contributed by atoms with Crippen molar-refractivity contribution in [1.82, 2.24) is 0 Å². The molecule has 0 amide bonds. The number of hydrogen-bond acceptors (Lipinski definition) is 3. The Kier molecular flexibility index (Phi) is 4.29. The summed E-state index contributed by atoms with van der Waals surface area (Å²) in [7, 11) is 0. The highest BCUT2D eigenvalue weighted by Crippen LogP contribution is 2.27. The maximum absolute atomic E-state index is 5.98. The van der Waals surface area contributed by atoms with Gasteiger partial charge >= 0.3 is 0 Å². The van der Waals surface area contributed by atoms with Gasteiger partial charge in [-0.1, -0.05) is 15.9 Å². The largest absolute Gasteiger partial charge is 0.397 e. The molecule has 0 spiro atoms. The third kappa shape index (κ3) is 3.36. The quantitative estimate of drug-likeness (QED) is 0.842. The van der Waals surface area contributed by atoms with Crippen molar-refractivity contribution in [1.29, 1.82) is 0 Å². The van der Waals surface area contributed by atoms with E-state index in [1.807, 2.05) is 18.2 Å². The Labute approximate surface area is 111 Å². The minimum absolute atomic E-state index is 0.433. The van der Waals surface area contributed by atoms with Gasteiger partial charge in [-0.3, -0.25) is 0 Å². The van der Waals surface area contributed by atoms with Gasteiger partial charge in [0.25, 0.3) is 0 Å². The molecule has 0 bridgehead atoms. The molecule has 1 aromatic rings. The maximum Gasteiger partial charge on any atom is 0.0576 e. The SMILES string of the molecule is CC(Nc1ccc(Br)cc1N)C1CCOCC1. The number of hydrogen-bond donors (Lipinski definition) is 2. The average molecular weight is 299 g/mol. The molecule has 1 unspecified atom stereocenters. The maximum atomic E-state index is 5.98. The summed E-state index contributed by atoms with van der Waals surface area (Å²) in [6.45, 7) is 3.98. The first-order chi connectivity index (χ1) is 8.16. The van der Waals surface area contributed by atoms with Crippen LogP contribution in [-0.2, 0) is 4.74 Å². The van der Waals surface area contributed by atoms with Gasteiger partial charge in [0.2, 0.25) is 0 Å². The smallest absolute Gasteiger partial charge is 0.0576 e. The Hall–Kier alpha value is -0.740. The number of benzene rings is 1. The summed E-state index contributed by atoms with van der Waals surface area (Å²) in [4.78, 5) is 0. The van der Waals surface area contributed by atoms with Gasteiger partial charge in [-0.05, 0) is 43.9 Å². The number of halogens is 1. The van der Waals surface area contributed by atoms with Crippen molar-refractivity contribution in [2.75, 3.05) is 24.3 Å². The van der Waals surface area contributed by atoms with Crippen LogP contribution in [0, 0.1) is 5.92 Å². The van der Waals surface area contributed by atoms with E-state index in [0.717, 1.165) is 41.9 Å². The Morgan fingerprint density at radius 3 is 2.76 bits per heavy atom. The fraction of sp³-hybridized carbons (Fsp3) is 0.538. The summed E-state index contributed by atoms with van der Waals surface area (Å²) >= 11 is 3.41. The van der Waals surface area contributed by atoms with Crippen LogP contribution in [0.25, 0.3) is 0 Å². The van der Waals surface area contributed by atoms with Gasteiger partial charge in [-0.25, -0.2) is 0 Å². The molecule has 0 radical (unpaired) electrons. The lowest BCUT2D eigenvalue weighted by Gasteiger charge is -2.29. The van der Waals surface area contributed by atoms with Crippen LogP contribution in [0.4, 0.5) is 11.4 Å². The second-order valence-corrected chi connectivity index (χ2v) is 5.53. The van der Waals surface area contributed by atoms with Crippen LogP contribution in [0.3, 0.4) is 0 Å². The van der Waals surface area contributed by atoms with Crippen molar-refractivity contribution in [2.45, 2.75) is 25.8 Å². The Balaban J connectivity index is 1.99. The molecule has 2 rings (SSSR count). The van der Waals surface area contributed by atoms with Crippen LogP contribution in [-0.4, -0.2) is 19.3 Å². The van der Waals surface area contributed by atoms with Crippen molar-refractivity contribution in [3.8, 4) is 0 Å². The molecule has 1 aromatic carbocycles. The molecule has 1 aliphatic heterocycles. The molecular formula is C13H19BrN2O. The molecule has 1 atom stereocenters. The first-order valence-corrected chi connectivity index (χ1v) is 6.85. The van der Waals surface area contributed by atoms with E-state index in [4.69, 9.17) is 10.5 Å². The third-order valence-electron chi connectivity index (χ3n) is 3.37. The van der Waals surface area contributed by atoms with Crippen LogP contribution < -0.4 is 11.1 Å². The summed E-state index contributed by atoms with van der Waals surface area (Å²) in [5.41, 5.74) is 7.79. The molecule has 94 valence electrons. The van der Waals surface area contributed by atoms with E-state index in [0.29, 0.717) is 12.0 Å². The predicted octanol–water partition coefficient (Wildman–Crippen LogP) is 3.26. The second kappa shape index (κ2) is 5.74. The first-order valence-electron chi connectivity index (χ1n) is 6.06.